The minimum absolute atomic E-state index is 0.174. The van der Waals surface area contributed by atoms with Gasteiger partial charge in [0.15, 0.2) is 11.0 Å². The molecule has 0 amide bonds. The molecule has 0 spiro atoms. The zero-order valence-electron chi connectivity index (χ0n) is 17.6. The van der Waals surface area contributed by atoms with Gasteiger partial charge in [-0.3, -0.25) is 4.57 Å². The van der Waals surface area contributed by atoms with Crippen molar-refractivity contribution in [3.05, 3.63) is 95.8 Å². The van der Waals surface area contributed by atoms with E-state index in [0.717, 1.165) is 17.8 Å². The SMILES string of the molecule is COc1ccc(-n2c(COc3ccccc3)nnc2SCc2cccc(C(F)(F)F)c2)cc1. The monoisotopic (exact) mass is 471 g/mol. The van der Waals surface area contributed by atoms with Gasteiger partial charge in [0.05, 0.1) is 12.7 Å². The summed E-state index contributed by atoms with van der Waals surface area (Å²) in [5.74, 6) is 2.26. The minimum atomic E-state index is -4.38. The molecule has 0 aliphatic carbocycles. The summed E-state index contributed by atoms with van der Waals surface area (Å²) in [6.07, 6.45) is -4.38. The van der Waals surface area contributed by atoms with Crippen molar-refractivity contribution < 1.29 is 22.6 Å². The Morgan fingerprint density at radius 2 is 1.64 bits per heavy atom. The van der Waals surface area contributed by atoms with Gasteiger partial charge in [0.1, 0.15) is 18.1 Å². The normalized spacial score (nSPS) is 11.4. The first-order chi connectivity index (χ1) is 15.9. The van der Waals surface area contributed by atoms with Crippen molar-refractivity contribution in [3.8, 4) is 17.2 Å². The molecular weight excluding hydrogens is 451 g/mol. The van der Waals surface area contributed by atoms with Crippen molar-refractivity contribution in [2.45, 2.75) is 23.7 Å². The van der Waals surface area contributed by atoms with Gasteiger partial charge in [-0.25, -0.2) is 0 Å². The van der Waals surface area contributed by atoms with Gasteiger partial charge in [0, 0.05) is 11.4 Å². The van der Waals surface area contributed by atoms with Crippen LogP contribution in [0.3, 0.4) is 0 Å². The number of alkyl halides is 3. The molecule has 0 fully saturated rings. The van der Waals surface area contributed by atoms with Crippen molar-refractivity contribution in [3.63, 3.8) is 0 Å². The van der Waals surface area contributed by atoms with E-state index in [-0.39, 0.29) is 6.61 Å². The molecule has 9 heteroatoms. The van der Waals surface area contributed by atoms with Gasteiger partial charge in [-0.2, -0.15) is 13.2 Å². The smallest absolute Gasteiger partial charge is 0.416 e. The standard InChI is InChI=1S/C24H20F3N3O2S/c1-31-20-12-10-19(11-13-20)30-22(15-32-21-8-3-2-4-9-21)28-29-23(30)33-16-17-6-5-7-18(14-17)24(25,26)27/h2-14H,15-16H2,1H3. The average molecular weight is 472 g/mol. The molecule has 4 aromatic rings. The molecule has 0 saturated heterocycles. The number of benzene rings is 3. The number of hydrogen-bond acceptors (Lipinski definition) is 5. The largest absolute Gasteiger partial charge is 0.497 e. The van der Waals surface area contributed by atoms with Gasteiger partial charge in [0.2, 0.25) is 0 Å². The van der Waals surface area contributed by atoms with E-state index < -0.39 is 11.7 Å². The van der Waals surface area contributed by atoms with Crippen LogP contribution in [0, 0.1) is 0 Å². The third kappa shape index (κ3) is 5.67. The fraction of sp³-hybridized carbons (Fsp3) is 0.167. The molecule has 3 aromatic carbocycles. The van der Waals surface area contributed by atoms with Crippen molar-refractivity contribution in [2.24, 2.45) is 0 Å². The second-order valence-corrected chi connectivity index (χ2v) is 7.96. The summed E-state index contributed by atoms with van der Waals surface area (Å²) in [6, 6.07) is 22.0. The van der Waals surface area contributed by atoms with Gasteiger partial charge in [0.25, 0.3) is 0 Å². The Labute approximate surface area is 193 Å². The molecule has 5 nitrogen and oxygen atoms in total. The third-order valence-electron chi connectivity index (χ3n) is 4.76. The quantitative estimate of drug-likeness (QED) is 0.288. The molecule has 0 aliphatic rings. The lowest BCUT2D eigenvalue weighted by Crippen LogP contribution is -2.07. The lowest BCUT2D eigenvalue weighted by Gasteiger charge is -2.12. The maximum absolute atomic E-state index is 13.0. The second-order valence-electron chi connectivity index (χ2n) is 7.02. The molecule has 0 bridgehead atoms. The van der Waals surface area contributed by atoms with E-state index in [1.165, 1.54) is 17.8 Å². The Hall–Kier alpha value is -3.46. The van der Waals surface area contributed by atoms with Gasteiger partial charge in [-0.15, -0.1) is 10.2 Å². The number of rotatable bonds is 8. The first kappa shape index (κ1) is 22.7. The molecule has 0 N–H and O–H groups in total. The van der Waals surface area contributed by atoms with Gasteiger partial charge >= 0.3 is 6.18 Å². The van der Waals surface area contributed by atoms with Crippen LogP contribution in [-0.4, -0.2) is 21.9 Å². The van der Waals surface area contributed by atoms with E-state index in [1.54, 1.807) is 13.2 Å². The van der Waals surface area contributed by atoms with Crippen LogP contribution in [0.5, 0.6) is 11.5 Å². The van der Waals surface area contributed by atoms with Crippen molar-refractivity contribution >= 4 is 11.8 Å². The zero-order valence-corrected chi connectivity index (χ0v) is 18.4. The number of thioether (sulfide) groups is 1. The van der Waals surface area contributed by atoms with Crippen LogP contribution >= 0.6 is 11.8 Å². The highest BCUT2D eigenvalue weighted by molar-refractivity contribution is 7.98. The van der Waals surface area contributed by atoms with E-state index in [9.17, 15) is 13.2 Å². The number of ether oxygens (including phenoxy) is 2. The molecule has 0 unspecified atom stereocenters. The van der Waals surface area contributed by atoms with Crippen molar-refractivity contribution in [2.75, 3.05) is 7.11 Å². The van der Waals surface area contributed by atoms with Crippen LogP contribution in [-0.2, 0) is 18.5 Å². The Morgan fingerprint density at radius 1 is 0.879 bits per heavy atom. The molecule has 0 radical (unpaired) electrons. The topological polar surface area (TPSA) is 49.2 Å². The number of halogens is 3. The summed E-state index contributed by atoms with van der Waals surface area (Å²) in [5, 5.41) is 9.10. The molecule has 1 aromatic heterocycles. The van der Waals surface area contributed by atoms with Crippen LogP contribution in [0.2, 0.25) is 0 Å². The Bertz CT molecular complexity index is 1200. The van der Waals surface area contributed by atoms with Crippen LogP contribution in [0.25, 0.3) is 5.69 Å². The lowest BCUT2D eigenvalue weighted by molar-refractivity contribution is -0.137. The molecule has 4 rings (SSSR count). The predicted molar refractivity (Wildman–Crippen MR) is 120 cm³/mol. The Kier molecular flexibility index (Phi) is 6.88. The van der Waals surface area contributed by atoms with Gasteiger partial charge < -0.3 is 9.47 Å². The van der Waals surface area contributed by atoms with E-state index in [0.29, 0.717) is 33.8 Å². The highest BCUT2D eigenvalue weighted by atomic mass is 32.2. The molecule has 0 atom stereocenters. The fourth-order valence-corrected chi connectivity index (χ4v) is 4.04. The summed E-state index contributed by atoms with van der Waals surface area (Å²) in [6.45, 7) is 0.174. The highest BCUT2D eigenvalue weighted by Crippen LogP contribution is 2.32. The van der Waals surface area contributed by atoms with Gasteiger partial charge in [-0.05, 0) is 48.0 Å². The molecule has 1 heterocycles. The van der Waals surface area contributed by atoms with E-state index in [4.69, 9.17) is 9.47 Å². The molecule has 33 heavy (non-hydrogen) atoms. The van der Waals surface area contributed by atoms with Crippen molar-refractivity contribution in [1.82, 2.24) is 14.8 Å². The maximum Gasteiger partial charge on any atom is 0.416 e. The van der Waals surface area contributed by atoms with Crippen LogP contribution in [0.1, 0.15) is 17.0 Å². The first-order valence-electron chi connectivity index (χ1n) is 9.99. The lowest BCUT2D eigenvalue weighted by atomic mass is 10.1. The number of para-hydroxylation sites is 1. The van der Waals surface area contributed by atoms with Crippen LogP contribution in [0.4, 0.5) is 13.2 Å². The summed E-state index contributed by atoms with van der Waals surface area (Å²) in [7, 11) is 1.59. The summed E-state index contributed by atoms with van der Waals surface area (Å²) >= 11 is 1.30. The van der Waals surface area contributed by atoms with Gasteiger partial charge in [-0.1, -0.05) is 48.2 Å². The first-order valence-corrected chi connectivity index (χ1v) is 11.0. The molecule has 170 valence electrons. The average Bonchev–Trinajstić information content (AvgIpc) is 3.24. The number of aromatic nitrogens is 3. The maximum atomic E-state index is 13.0. The summed E-state index contributed by atoms with van der Waals surface area (Å²) < 4.78 is 52.1. The van der Waals surface area contributed by atoms with E-state index in [2.05, 4.69) is 10.2 Å². The fourth-order valence-electron chi connectivity index (χ4n) is 3.13. The van der Waals surface area contributed by atoms with Crippen LogP contribution < -0.4 is 9.47 Å². The highest BCUT2D eigenvalue weighted by Gasteiger charge is 2.30. The molecular formula is C24H20F3N3O2S. The molecule has 0 saturated carbocycles. The second kappa shape index (κ2) is 9.99. The van der Waals surface area contributed by atoms with E-state index >= 15 is 0 Å². The third-order valence-corrected chi connectivity index (χ3v) is 5.76. The van der Waals surface area contributed by atoms with Crippen molar-refractivity contribution in [1.29, 1.82) is 0 Å². The van der Waals surface area contributed by atoms with Crippen LogP contribution in [0.15, 0.2) is 84.0 Å². The molecule has 0 aliphatic heterocycles. The number of nitrogens with zero attached hydrogens (tertiary/aromatic N) is 3. The zero-order chi connectivity index (χ0) is 23.3. The Balaban J connectivity index is 1.59. The predicted octanol–water partition coefficient (Wildman–Crippen LogP) is 6.17. The number of hydrogen-bond donors (Lipinski definition) is 0. The summed E-state index contributed by atoms with van der Waals surface area (Å²) in [4.78, 5) is 0. The summed E-state index contributed by atoms with van der Waals surface area (Å²) in [5.41, 5.74) is 0.661. The van der Waals surface area contributed by atoms with E-state index in [1.807, 2.05) is 59.2 Å². The Morgan fingerprint density at radius 3 is 2.33 bits per heavy atom. The number of methoxy groups -OCH3 is 1. The minimum Gasteiger partial charge on any atom is -0.497 e.